The van der Waals surface area contributed by atoms with Gasteiger partial charge >= 0.3 is 0 Å². The molecule has 1 aromatic carbocycles. The summed E-state index contributed by atoms with van der Waals surface area (Å²) in [5.41, 5.74) is 0.796. The Balaban J connectivity index is 1.76. The maximum Gasteiger partial charge on any atom is 0.238 e. The van der Waals surface area contributed by atoms with Crippen LogP contribution in [-0.4, -0.2) is 11.8 Å². The van der Waals surface area contributed by atoms with E-state index in [1.165, 1.54) is 11.0 Å². The number of benzene rings is 1. The number of carbonyl (C=O) groups is 2. The maximum atomic E-state index is 12.6. The highest BCUT2D eigenvalue weighted by Crippen LogP contribution is 2.53. The number of nitriles is 1. The number of allylic oxidation sites excluding steroid dienone is 2. The Morgan fingerprint density at radius 2 is 1.76 bits per heavy atom. The van der Waals surface area contributed by atoms with Crippen LogP contribution in [0.1, 0.15) is 12.0 Å². The molecule has 1 aromatic rings. The van der Waals surface area contributed by atoms with Crippen molar-refractivity contribution >= 4 is 29.1 Å². The molecule has 1 heterocycles. The normalized spacial score (nSPS) is 32.7. The third-order valence-electron chi connectivity index (χ3n) is 4.79. The lowest BCUT2D eigenvalue weighted by molar-refractivity contribution is -0.123. The van der Waals surface area contributed by atoms with Gasteiger partial charge in [0.2, 0.25) is 11.8 Å². The summed E-state index contributed by atoms with van der Waals surface area (Å²) < 4.78 is 0. The second kappa shape index (κ2) is 4.19. The molecular formula is C16H11ClN2O2. The molecule has 2 fully saturated rings. The van der Waals surface area contributed by atoms with Crippen LogP contribution in [0.4, 0.5) is 5.69 Å². The van der Waals surface area contributed by atoms with Crippen molar-refractivity contribution < 1.29 is 9.59 Å². The second-order valence-electron chi connectivity index (χ2n) is 5.79. The summed E-state index contributed by atoms with van der Waals surface area (Å²) in [6, 6.07) is 6.62. The Kier molecular flexibility index (Phi) is 2.51. The Morgan fingerprint density at radius 1 is 1.14 bits per heavy atom. The van der Waals surface area contributed by atoms with Crippen molar-refractivity contribution in [3.63, 3.8) is 0 Å². The molecule has 1 aliphatic heterocycles. The van der Waals surface area contributed by atoms with Gasteiger partial charge in [-0.25, -0.2) is 4.90 Å². The van der Waals surface area contributed by atoms with Crippen molar-refractivity contribution in [1.29, 1.82) is 5.26 Å². The number of nitrogens with zero attached hydrogens (tertiary/aromatic N) is 2. The maximum absolute atomic E-state index is 12.6. The van der Waals surface area contributed by atoms with E-state index < -0.39 is 0 Å². The van der Waals surface area contributed by atoms with Crippen LogP contribution in [0.3, 0.4) is 0 Å². The lowest BCUT2D eigenvalue weighted by Crippen LogP contribution is -2.33. The molecule has 4 nitrogen and oxygen atoms in total. The Labute approximate surface area is 126 Å². The summed E-state index contributed by atoms with van der Waals surface area (Å²) >= 11 is 6.15. The van der Waals surface area contributed by atoms with Crippen LogP contribution < -0.4 is 4.90 Å². The van der Waals surface area contributed by atoms with Crippen LogP contribution >= 0.6 is 11.6 Å². The third kappa shape index (κ3) is 1.55. The molecule has 5 heteroatoms. The monoisotopic (exact) mass is 298 g/mol. The van der Waals surface area contributed by atoms with Gasteiger partial charge in [-0.15, -0.1) is 0 Å². The highest BCUT2D eigenvalue weighted by atomic mass is 35.5. The molecule has 104 valence electrons. The van der Waals surface area contributed by atoms with E-state index in [9.17, 15) is 9.59 Å². The van der Waals surface area contributed by atoms with E-state index in [2.05, 4.69) is 12.2 Å². The van der Waals surface area contributed by atoms with Gasteiger partial charge in [-0.2, -0.15) is 5.26 Å². The molecule has 4 rings (SSSR count). The molecule has 0 aromatic heterocycles. The predicted molar refractivity (Wildman–Crippen MR) is 76.4 cm³/mol. The Morgan fingerprint density at radius 3 is 2.29 bits per heavy atom. The zero-order valence-electron chi connectivity index (χ0n) is 11.0. The molecule has 2 bridgehead atoms. The topological polar surface area (TPSA) is 61.2 Å². The van der Waals surface area contributed by atoms with E-state index in [0.717, 1.165) is 6.42 Å². The summed E-state index contributed by atoms with van der Waals surface area (Å²) in [5.74, 6) is -0.433. The third-order valence-corrected chi connectivity index (χ3v) is 5.09. The van der Waals surface area contributed by atoms with Crippen LogP contribution in [0.5, 0.6) is 0 Å². The van der Waals surface area contributed by atoms with Crippen LogP contribution in [0.15, 0.2) is 30.4 Å². The van der Waals surface area contributed by atoms with Crippen LogP contribution in [0, 0.1) is 35.0 Å². The average Bonchev–Trinajstić information content (AvgIpc) is 3.14. The van der Waals surface area contributed by atoms with Gasteiger partial charge in [-0.3, -0.25) is 9.59 Å². The molecule has 0 spiro atoms. The van der Waals surface area contributed by atoms with Gasteiger partial charge in [-0.1, -0.05) is 23.8 Å². The average molecular weight is 299 g/mol. The molecule has 2 aliphatic carbocycles. The molecule has 0 unspecified atom stereocenters. The van der Waals surface area contributed by atoms with Gasteiger partial charge in [0.15, 0.2) is 0 Å². The lowest BCUT2D eigenvalue weighted by Gasteiger charge is -2.18. The summed E-state index contributed by atoms with van der Waals surface area (Å²) in [6.45, 7) is 0. The largest absolute Gasteiger partial charge is 0.274 e. The van der Waals surface area contributed by atoms with E-state index >= 15 is 0 Å². The number of imide groups is 1. The van der Waals surface area contributed by atoms with E-state index in [1.54, 1.807) is 12.1 Å². The molecule has 0 radical (unpaired) electrons. The number of hydrogen-bond acceptors (Lipinski definition) is 3. The first-order valence-corrected chi connectivity index (χ1v) is 7.25. The molecule has 0 N–H and O–H groups in total. The van der Waals surface area contributed by atoms with Crippen molar-refractivity contribution in [2.75, 3.05) is 4.90 Å². The molecule has 4 atom stereocenters. The Bertz CT molecular complexity index is 719. The lowest BCUT2D eigenvalue weighted by atomic mass is 9.85. The van der Waals surface area contributed by atoms with Gasteiger partial charge in [0.25, 0.3) is 0 Å². The second-order valence-corrected chi connectivity index (χ2v) is 6.20. The first kappa shape index (κ1) is 12.6. The summed E-state index contributed by atoms with van der Waals surface area (Å²) in [5, 5.41) is 9.13. The van der Waals surface area contributed by atoms with Crippen molar-refractivity contribution in [2.24, 2.45) is 23.7 Å². The number of anilines is 1. The van der Waals surface area contributed by atoms with Crippen molar-refractivity contribution in [1.82, 2.24) is 0 Å². The highest BCUT2D eigenvalue weighted by Gasteiger charge is 2.59. The van der Waals surface area contributed by atoms with Gasteiger partial charge < -0.3 is 0 Å². The summed E-state index contributed by atoms with van der Waals surface area (Å²) in [4.78, 5) is 26.5. The van der Waals surface area contributed by atoms with Crippen molar-refractivity contribution in [3.05, 3.63) is 40.9 Å². The fourth-order valence-corrected chi connectivity index (χ4v) is 4.16. The van der Waals surface area contributed by atoms with E-state index in [-0.39, 0.29) is 40.5 Å². The minimum Gasteiger partial charge on any atom is -0.274 e. The zero-order chi connectivity index (χ0) is 14.7. The van der Waals surface area contributed by atoms with Gasteiger partial charge in [-0.05, 0) is 36.5 Å². The molecule has 3 aliphatic rings. The number of halogens is 1. The first-order valence-electron chi connectivity index (χ1n) is 6.87. The molecule has 21 heavy (non-hydrogen) atoms. The smallest absolute Gasteiger partial charge is 0.238 e. The van der Waals surface area contributed by atoms with E-state index in [4.69, 9.17) is 16.9 Å². The standard InChI is InChI=1S/C16H11ClN2O2/c17-11-5-8(7-18)1-4-12(11)19-15(20)13-9-2-3-10(6-9)14(13)16(19)21/h1-5,9-10,13-14H,6H2/t9-,10-,13-,14+/m0/s1. The first-order chi connectivity index (χ1) is 10.1. The highest BCUT2D eigenvalue weighted by molar-refractivity contribution is 6.36. The fraction of sp³-hybridized carbons (Fsp3) is 0.312. The minimum atomic E-state index is -0.237. The van der Waals surface area contributed by atoms with E-state index in [1.807, 2.05) is 6.07 Å². The predicted octanol–water partition coefficient (Wildman–Crippen LogP) is 2.52. The van der Waals surface area contributed by atoms with Gasteiger partial charge in [0.1, 0.15) is 0 Å². The number of rotatable bonds is 1. The van der Waals surface area contributed by atoms with Crippen LogP contribution in [-0.2, 0) is 9.59 Å². The van der Waals surface area contributed by atoms with Crippen molar-refractivity contribution in [2.45, 2.75) is 6.42 Å². The van der Waals surface area contributed by atoms with Crippen LogP contribution in [0.25, 0.3) is 0 Å². The van der Waals surface area contributed by atoms with Gasteiger partial charge in [0.05, 0.1) is 34.2 Å². The summed E-state index contributed by atoms with van der Waals surface area (Å²) in [6.07, 6.45) is 5.02. The van der Waals surface area contributed by atoms with E-state index in [0.29, 0.717) is 11.3 Å². The summed E-state index contributed by atoms with van der Waals surface area (Å²) in [7, 11) is 0. The van der Waals surface area contributed by atoms with Crippen molar-refractivity contribution in [3.8, 4) is 6.07 Å². The fourth-order valence-electron chi connectivity index (χ4n) is 3.90. The van der Waals surface area contributed by atoms with Gasteiger partial charge in [0, 0.05) is 0 Å². The molecule has 1 saturated heterocycles. The SMILES string of the molecule is N#Cc1ccc(N2C(=O)[C@@H]3[C@H](C2=O)[C@H]2C=C[C@H]3C2)c(Cl)c1. The molecular weight excluding hydrogens is 288 g/mol. The van der Waals surface area contributed by atoms with Crippen LogP contribution in [0.2, 0.25) is 5.02 Å². The molecule has 2 amide bonds. The minimum absolute atomic E-state index is 0.159. The number of fused-ring (bicyclic) bond motifs is 5. The Hall–Kier alpha value is -2.12. The number of hydrogen-bond donors (Lipinski definition) is 0. The quantitative estimate of drug-likeness (QED) is 0.591. The molecule has 1 saturated carbocycles. The number of carbonyl (C=O) groups excluding carboxylic acids is 2. The zero-order valence-corrected chi connectivity index (χ0v) is 11.7. The number of amides is 2.